The largest absolute Gasteiger partial charge is 0.308 e. The summed E-state index contributed by atoms with van der Waals surface area (Å²) in [4.78, 5) is 4.46. The maximum atomic E-state index is 8.40. The molecule has 3 nitrogen and oxygen atoms in total. The Morgan fingerprint density at radius 1 is 1.17 bits per heavy atom. The van der Waals surface area contributed by atoms with E-state index in [-0.39, 0.29) is 0 Å². The van der Waals surface area contributed by atoms with Crippen LogP contribution in [0.2, 0.25) is 0 Å². The molecule has 70 valence electrons. The van der Waals surface area contributed by atoms with E-state index in [0.717, 1.165) is 26.2 Å². The van der Waals surface area contributed by atoms with E-state index in [4.69, 9.17) is 5.26 Å². The second-order valence-corrected chi connectivity index (χ2v) is 3.15. The first-order valence-corrected chi connectivity index (χ1v) is 4.44. The Labute approximate surface area is 75.6 Å². The Kier molecular flexibility index (Phi) is 6.73. The van der Waals surface area contributed by atoms with Gasteiger partial charge in [-0.2, -0.15) is 5.26 Å². The van der Waals surface area contributed by atoms with E-state index in [1.807, 2.05) is 0 Å². The topological polar surface area (TPSA) is 30.3 Å². The molecule has 0 heterocycles. The lowest BCUT2D eigenvalue weighted by molar-refractivity contribution is 0.255. The van der Waals surface area contributed by atoms with Crippen molar-refractivity contribution in [2.75, 3.05) is 40.3 Å². The zero-order valence-electron chi connectivity index (χ0n) is 8.38. The normalized spacial score (nSPS) is 10.7. The van der Waals surface area contributed by atoms with Crippen LogP contribution < -0.4 is 0 Å². The Morgan fingerprint density at radius 3 is 2.25 bits per heavy atom. The molecule has 0 aromatic rings. The van der Waals surface area contributed by atoms with Gasteiger partial charge in [0.2, 0.25) is 0 Å². The highest BCUT2D eigenvalue weighted by atomic mass is 15.2. The molecule has 0 aliphatic carbocycles. The fourth-order valence-electron chi connectivity index (χ4n) is 0.978. The van der Waals surface area contributed by atoms with E-state index in [1.54, 1.807) is 0 Å². The van der Waals surface area contributed by atoms with Gasteiger partial charge in [-0.1, -0.05) is 6.92 Å². The van der Waals surface area contributed by atoms with Gasteiger partial charge < -0.3 is 9.80 Å². The van der Waals surface area contributed by atoms with Crippen LogP contribution in [0.5, 0.6) is 0 Å². The fourth-order valence-corrected chi connectivity index (χ4v) is 0.978. The molecule has 0 atom stereocenters. The number of hydrogen-bond acceptors (Lipinski definition) is 3. The molecule has 12 heavy (non-hydrogen) atoms. The molecule has 0 spiro atoms. The van der Waals surface area contributed by atoms with Crippen molar-refractivity contribution in [3.8, 4) is 6.07 Å². The lowest BCUT2D eigenvalue weighted by Gasteiger charge is -2.20. The number of nitrogens with zero attached hydrogens (tertiary/aromatic N) is 3. The van der Waals surface area contributed by atoms with Crippen molar-refractivity contribution >= 4 is 0 Å². The maximum Gasteiger partial charge on any atom is 0.0635 e. The minimum absolute atomic E-state index is 0.640. The van der Waals surface area contributed by atoms with Crippen molar-refractivity contribution in [2.24, 2.45) is 0 Å². The number of rotatable bonds is 6. The van der Waals surface area contributed by atoms with E-state index >= 15 is 0 Å². The first-order valence-electron chi connectivity index (χ1n) is 4.44. The lowest BCUT2D eigenvalue weighted by atomic mass is 10.4. The molecule has 0 saturated carbocycles. The van der Waals surface area contributed by atoms with Gasteiger partial charge in [-0.25, -0.2) is 0 Å². The monoisotopic (exact) mass is 169 g/mol. The summed E-state index contributed by atoms with van der Waals surface area (Å²) in [5, 5.41) is 8.40. The maximum absolute atomic E-state index is 8.40. The molecule has 0 bridgehead atoms. The van der Waals surface area contributed by atoms with Gasteiger partial charge in [-0.3, -0.25) is 0 Å². The standard InChI is InChI=1S/C9H19N3/c1-4-12(7-5-6-10)9-8-11(2)3/h4-5,7-9H2,1-3H3. The zero-order chi connectivity index (χ0) is 9.40. The van der Waals surface area contributed by atoms with Crippen molar-refractivity contribution in [1.29, 1.82) is 5.26 Å². The van der Waals surface area contributed by atoms with Crippen LogP contribution in [-0.2, 0) is 0 Å². The van der Waals surface area contributed by atoms with Crippen molar-refractivity contribution in [1.82, 2.24) is 9.80 Å². The van der Waals surface area contributed by atoms with E-state index in [1.165, 1.54) is 0 Å². The number of nitriles is 1. The first-order chi connectivity index (χ1) is 5.70. The Bertz CT molecular complexity index is 137. The summed E-state index contributed by atoms with van der Waals surface area (Å²) in [6.45, 7) is 6.20. The quantitative estimate of drug-likeness (QED) is 0.588. The number of hydrogen-bond donors (Lipinski definition) is 0. The lowest BCUT2D eigenvalue weighted by Crippen LogP contribution is -2.32. The third-order valence-electron chi connectivity index (χ3n) is 1.85. The van der Waals surface area contributed by atoms with E-state index in [2.05, 4.69) is 36.9 Å². The highest BCUT2D eigenvalue weighted by Crippen LogP contribution is 1.90. The SMILES string of the molecule is CCN(CCC#N)CCN(C)C. The molecule has 0 amide bonds. The van der Waals surface area contributed by atoms with Gasteiger partial charge >= 0.3 is 0 Å². The molecule has 0 aliphatic heterocycles. The summed E-state index contributed by atoms with van der Waals surface area (Å²) in [6, 6.07) is 2.16. The van der Waals surface area contributed by atoms with Crippen LogP contribution in [0.25, 0.3) is 0 Å². The van der Waals surface area contributed by atoms with E-state index in [9.17, 15) is 0 Å². The van der Waals surface area contributed by atoms with Crippen LogP contribution in [0.4, 0.5) is 0 Å². The summed E-state index contributed by atoms with van der Waals surface area (Å²) in [6.07, 6.45) is 0.640. The van der Waals surface area contributed by atoms with Crippen molar-refractivity contribution in [3.05, 3.63) is 0 Å². The van der Waals surface area contributed by atoms with Crippen LogP contribution in [0.15, 0.2) is 0 Å². The van der Waals surface area contributed by atoms with Crippen molar-refractivity contribution in [3.63, 3.8) is 0 Å². The summed E-state index contributed by atoms with van der Waals surface area (Å²) < 4.78 is 0. The molecular weight excluding hydrogens is 150 g/mol. The summed E-state index contributed by atoms with van der Waals surface area (Å²) in [7, 11) is 4.14. The number of likely N-dealkylation sites (N-methyl/N-ethyl adjacent to an activating group) is 2. The Morgan fingerprint density at radius 2 is 1.83 bits per heavy atom. The second-order valence-electron chi connectivity index (χ2n) is 3.15. The fraction of sp³-hybridized carbons (Fsp3) is 0.889. The molecule has 0 unspecified atom stereocenters. The van der Waals surface area contributed by atoms with E-state index < -0.39 is 0 Å². The molecule has 0 radical (unpaired) electrons. The molecule has 0 N–H and O–H groups in total. The van der Waals surface area contributed by atoms with Crippen LogP contribution in [0.3, 0.4) is 0 Å². The average molecular weight is 169 g/mol. The predicted octanol–water partition coefficient (Wildman–Crippen LogP) is 0.784. The van der Waals surface area contributed by atoms with Gasteiger partial charge in [0.15, 0.2) is 0 Å². The van der Waals surface area contributed by atoms with Crippen molar-refractivity contribution < 1.29 is 0 Å². The Balaban J connectivity index is 3.47. The molecule has 0 rings (SSSR count). The van der Waals surface area contributed by atoms with Gasteiger partial charge in [0, 0.05) is 26.1 Å². The molecule has 0 aromatic heterocycles. The first kappa shape index (κ1) is 11.4. The van der Waals surface area contributed by atoms with Gasteiger partial charge in [0.25, 0.3) is 0 Å². The molecule has 3 heteroatoms. The highest BCUT2D eigenvalue weighted by molar-refractivity contribution is 4.72. The second kappa shape index (κ2) is 7.08. The summed E-state index contributed by atoms with van der Waals surface area (Å²) in [5.41, 5.74) is 0. The van der Waals surface area contributed by atoms with Gasteiger partial charge in [0.05, 0.1) is 6.07 Å². The van der Waals surface area contributed by atoms with Crippen molar-refractivity contribution in [2.45, 2.75) is 13.3 Å². The smallest absolute Gasteiger partial charge is 0.0635 e. The molecule has 0 aliphatic rings. The predicted molar refractivity (Wildman–Crippen MR) is 50.9 cm³/mol. The zero-order valence-corrected chi connectivity index (χ0v) is 8.38. The molecular formula is C9H19N3. The highest BCUT2D eigenvalue weighted by Gasteiger charge is 2.01. The average Bonchev–Trinajstić information content (AvgIpc) is 2.05. The Hall–Kier alpha value is -0.590. The third kappa shape index (κ3) is 6.14. The molecule has 0 fully saturated rings. The summed E-state index contributed by atoms with van der Waals surface area (Å²) in [5.74, 6) is 0. The van der Waals surface area contributed by atoms with Crippen LogP contribution in [0.1, 0.15) is 13.3 Å². The van der Waals surface area contributed by atoms with Gasteiger partial charge in [-0.05, 0) is 20.6 Å². The van der Waals surface area contributed by atoms with Gasteiger partial charge in [-0.15, -0.1) is 0 Å². The van der Waals surface area contributed by atoms with Crippen LogP contribution in [0, 0.1) is 11.3 Å². The molecule has 0 aromatic carbocycles. The van der Waals surface area contributed by atoms with E-state index in [0.29, 0.717) is 6.42 Å². The minimum atomic E-state index is 0.640. The van der Waals surface area contributed by atoms with Crippen LogP contribution in [-0.4, -0.2) is 50.1 Å². The molecule has 0 saturated heterocycles. The van der Waals surface area contributed by atoms with Crippen LogP contribution >= 0.6 is 0 Å². The van der Waals surface area contributed by atoms with Gasteiger partial charge in [0.1, 0.15) is 0 Å². The minimum Gasteiger partial charge on any atom is -0.308 e. The summed E-state index contributed by atoms with van der Waals surface area (Å²) >= 11 is 0. The third-order valence-corrected chi connectivity index (χ3v) is 1.85.